The summed E-state index contributed by atoms with van der Waals surface area (Å²) in [6.07, 6.45) is -2.65. The molecule has 5 heteroatoms. The van der Waals surface area contributed by atoms with Gasteiger partial charge in [-0.3, -0.25) is 4.79 Å². The van der Waals surface area contributed by atoms with Gasteiger partial charge in [-0.05, 0) is 36.6 Å². The molecular formula is C15H11F3OS. The molecule has 0 unspecified atom stereocenters. The molecule has 0 aromatic heterocycles. The number of thioether (sulfide) groups is 1. The lowest BCUT2D eigenvalue weighted by Crippen LogP contribution is -2.13. The smallest absolute Gasteiger partial charge is 0.289 e. The highest BCUT2D eigenvalue weighted by molar-refractivity contribution is 7.98. The Morgan fingerprint density at radius 1 is 1.00 bits per heavy atom. The van der Waals surface area contributed by atoms with Crippen LogP contribution in [0.4, 0.5) is 13.2 Å². The zero-order chi connectivity index (χ0) is 14.8. The van der Waals surface area contributed by atoms with Crippen LogP contribution in [0.2, 0.25) is 0 Å². The zero-order valence-electron chi connectivity index (χ0n) is 10.6. The Hall–Kier alpha value is -1.75. The largest absolute Gasteiger partial charge is 0.417 e. The maximum absolute atomic E-state index is 12.9. The van der Waals surface area contributed by atoms with Gasteiger partial charge in [0.2, 0.25) is 0 Å². The first-order valence-electron chi connectivity index (χ1n) is 5.78. The third kappa shape index (κ3) is 3.04. The van der Waals surface area contributed by atoms with Crippen LogP contribution < -0.4 is 0 Å². The summed E-state index contributed by atoms with van der Waals surface area (Å²) in [5.41, 5.74) is -0.977. The Morgan fingerprint density at radius 2 is 1.60 bits per heavy atom. The van der Waals surface area contributed by atoms with E-state index in [0.717, 1.165) is 11.0 Å². The van der Waals surface area contributed by atoms with Crippen molar-refractivity contribution in [2.24, 2.45) is 0 Å². The van der Waals surface area contributed by atoms with Crippen LogP contribution in [0.15, 0.2) is 53.4 Å². The van der Waals surface area contributed by atoms with Crippen LogP contribution in [0.25, 0.3) is 0 Å². The molecule has 0 spiro atoms. The molecule has 0 aliphatic carbocycles. The summed E-state index contributed by atoms with van der Waals surface area (Å²) in [7, 11) is 0. The third-order valence-corrected chi connectivity index (χ3v) is 3.57. The Kier molecular flexibility index (Phi) is 4.18. The molecule has 104 valence electrons. The Labute approximate surface area is 118 Å². The number of rotatable bonds is 3. The van der Waals surface area contributed by atoms with E-state index < -0.39 is 17.5 Å². The maximum atomic E-state index is 12.9. The van der Waals surface area contributed by atoms with Gasteiger partial charge in [-0.2, -0.15) is 13.2 Å². The fourth-order valence-electron chi connectivity index (χ4n) is 1.83. The van der Waals surface area contributed by atoms with Gasteiger partial charge in [0.05, 0.1) is 5.56 Å². The summed E-state index contributed by atoms with van der Waals surface area (Å²) in [4.78, 5) is 13.2. The van der Waals surface area contributed by atoms with Crippen LogP contribution in [0.3, 0.4) is 0 Å². The van der Waals surface area contributed by atoms with E-state index in [1.54, 1.807) is 24.3 Å². The topological polar surface area (TPSA) is 17.1 Å². The van der Waals surface area contributed by atoms with Crippen molar-refractivity contribution < 1.29 is 18.0 Å². The molecule has 0 saturated carbocycles. The van der Waals surface area contributed by atoms with Crippen LogP contribution in [-0.2, 0) is 6.18 Å². The summed E-state index contributed by atoms with van der Waals surface area (Å²) in [5, 5.41) is 0. The molecule has 0 bridgehead atoms. The first-order chi connectivity index (χ1) is 9.43. The lowest BCUT2D eigenvalue weighted by atomic mass is 9.98. The minimum Gasteiger partial charge on any atom is -0.289 e. The van der Waals surface area contributed by atoms with Gasteiger partial charge in [0.25, 0.3) is 0 Å². The molecule has 1 nitrogen and oxygen atoms in total. The van der Waals surface area contributed by atoms with Crippen molar-refractivity contribution in [3.8, 4) is 0 Å². The molecule has 0 atom stereocenters. The fourth-order valence-corrected chi connectivity index (χ4v) is 2.23. The van der Waals surface area contributed by atoms with Crippen LogP contribution in [0.5, 0.6) is 0 Å². The van der Waals surface area contributed by atoms with Crippen molar-refractivity contribution >= 4 is 17.5 Å². The number of carbonyl (C=O) groups is 1. The van der Waals surface area contributed by atoms with Gasteiger partial charge in [0, 0.05) is 16.0 Å². The molecule has 0 saturated heterocycles. The van der Waals surface area contributed by atoms with Gasteiger partial charge in [0.1, 0.15) is 0 Å². The average Bonchev–Trinajstić information content (AvgIpc) is 2.46. The second-order valence-corrected chi connectivity index (χ2v) is 4.98. The summed E-state index contributed by atoms with van der Waals surface area (Å²) < 4.78 is 38.7. The maximum Gasteiger partial charge on any atom is 0.417 e. The number of hydrogen-bond donors (Lipinski definition) is 0. The van der Waals surface area contributed by atoms with E-state index in [9.17, 15) is 18.0 Å². The van der Waals surface area contributed by atoms with Crippen molar-refractivity contribution in [3.63, 3.8) is 0 Å². The second-order valence-electron chi connectivity index (χ2n) is 4.10. The SMILES string of the molecule is CSc1ccc(C(=O)c2ccccc2C(F)(F)F)cc1. The number of hydrogen-bond acceptors (Lipinski definition) is 2. The van der Waals surface area contributed by atoms with Gasteiger partial charge < -0.3 is 0 Å². The summed E-state index contributed by atoms with van der Waals surface area (Å²) >= 11 is 1.50. The van der Waals surface area contributed by atoms with E-state index in [4.69, 9.17) is 0 Å². The lowest BCUT2D eigenvalue weighted by molar-refractivity contribution is -0.137. The summed E-state index contributed by atoms with van der Waals surface area (Å²) in [6.45, 7) is 0. The first kappa shape index (κ1) is 14.7. The molecule has 0 aliphatic heterocycles. The third-order valence-electron chi connectivity index (χ3n) is 2.83. The van der Waals surface area contributed by atoms with Gasteiger partial charge >= 0.3 is 6.18 Å². The van der Waals surface area contributed by atoms with Crippen LogP contribution in [0.1, 0.15) is 21.5 Å². The molecule has 0 heterocycles. The minimum atomic E-state index is -4.54. The van der Waals surface area contributed by atoms with E-state index in [-0.39, 0.29) is 11.1 Å². The molecule has 0 radical (unpaired) electrons. The van der Waals surface area contributed by atoms with Crippen molar-refractivity contribution in [3.05, 3.63) is 65.2 Å². The Morgan fingerprint density at radius 3 is 2.15 bits per heavy atom. The Bertz CT molecular complexity index is 618. The van der Waals surface area contributed by atoms with Crippen LogP contribution in [0, 0.1) is 0 Å². The van der Waals surface area contributed by atoms with Crippen molar-refractivity contribution in [1.29, 1.82) is 0 Å². The normalized spacial score (nSPS) is 11.4. The van der Waals surface area contributed by atoms with Gasteiger partial charge in [-0.15, -0.1) is 11.8 Å². The molecule has 0 fully saturated rings. The minimum absolute atomic E-state index is 0.250. The van der Waals surface area contributed by atoms with Crippen LogP contribution >= 0.6 is 11.8 Å². The van der Waals surface area contributed by atoms with E-state index in [2.05, 4.69) is 0 Å². The van der Waals surface area contributed by atoms with Gasteiger partial charge in [0.15, 0.2) is 5.78 Å². The van der Waals surface area contributed by atoms with Crippen molar-refractivity contribution in [1.82, 2.24) is 0 Å². The molecule has 20 heavy (non-hydrogen) atoms. The molecular weight excluding hydrogens is 285 g/mol. The predicted molar refractivity (Wildman–Crippen MR) is 73.1 cm³/mol. The van der Waals surface area contributed by atoms with E-state index >= 15 is 0 Å². The molecule has 2 aromatic rings. The van der Waals surface area contributed by atoms with Crippen LogP contribution in [-0.4, -0.2) is 12.0 Å². The fraction of sp³-hybridized carbons (Fsp3) is 0.133. The molecule has 0 N–H and O–H groups in total. The second kappa shape index (κ2) is 5.71. The number of alkyl halides is 3. The lowest BCUT2D eigenvalue weighted by Gasteiger charge is -2.11. The standard InChI is InChI=1S/C15H11F3OS/c1-20-11-8-6-10(7-9-11)14(19)12-4-2-3-5-13(12)15(16,17)18/h2-9H,1H3. The van der Waals surface area contributed by atoms with Gasteiger partial charge in [-0.25, -0.2) is 0 Å². The number of halogens is 3. The molecule has 2 rings (SSSR count). The number of carbonyl (C=O) groups excluding carboxylic acids is 1. The number of ketones is 1. The predicted octanol–water partition coefficient (Wildman–Crippen LogP) is 4.66. The summed E-state index contributed by atoms with van der Waals surface area (Å²) in [6, 6.07) is 11.3. The molecule has 0 amide bonds. The van der Waals surface area contributed by atoms with E-state index in [1.807, 2.05) is 6.26 Å². The quantitative estimate of drug-likeness (QED) is 0.605. The highest BCUT2D eigenvalue weighted by Gasteiger charge is 2.34. The Balaban J connectivity index is 2.43. The highest BCUT2D eigenvalue weighted by Crippen LogP contribution is 2.32. The summed E-state index contributed by atoms with van der Waals surface area (Å²) in [5.74, 6) is -0.620. The highest BCUT2D eigenvalue weighted by atomic mass is 32.2. The molecule has 2 aromatic carbocycles. The average molecular weight is 296 g/mol. The van der Waals surface area contributed by atoms with Crippen molar-refractivity contribution in [2.75, 3.05) is 6.26 Å². The number of benzene rings is 2. The first-order valence-corrected chi connectivity index (χ1v) is 7.01. The monoisotopic (exact) mass is 296 g/mol. The van der Waals surface area contributed by atoms with Crippen molar-refractivity contribution in [2.45, 2.75) is 11.1 Å². The van der Waals surface area contributed by atoms with E-state index in [0.29, 0.717) is 0 Å². The molecule has 0 aliphatic rings. The zero-order valence-corrected chi connectivity index (χ0v) is 11.4. The van der Waals surface area contributed by atoms with Gasteiger partial charge in [-0.1, -0.05) is 18.2 Å². The van der Waals surface area contributed by atoms with E-state index in [1.165, 1.54) is 30.0 Å².